The SMILES string of the molecule is CCNC(C)c1nnnn1C1CCC(CC)CC1. The lowest BCUT2D eigenvalue weighted by Gasteiger charge is -2.28. The first-order valence-corrected chi connectivity index (χ1v) is 7.27. The molecule has 2 rings (SSSR count). The van der Waals surface area contributed by atoms with Gasteiger partial charge in [-0.15, -0.1) is 5.10 Å². The number of nitrogens with one attached hydrogen (secondary N) is 1. The van der Waals surface area contributed by atoms with Gasteiger partial charge in [0, 0.05) is 0 Å². The number of hydrogen-bond acceptors (Lipinski definition) is 4. The Hall–Kier alpha value is -0.970. The Labute approximate surface area is 109 Å². The molecule has 1 aliphatic rings. The van der Waals surface area contributed by atoms with Crippen molar-refractivity contribution in [1.29, 1.82) is 0 Å². The van der Waals surface area contributed by atoms with E-state index in [1.165, 1.54) is 32.1 Å². The molecule has 102 valence electrons. The van der Waals surface area contributed by atoms with Crippen LogP contribution >= 0.6 is 0 Å². The number of hydrogen-bond donors (Lipinski definition) is 1. The van der Waals surface area contributed by atoms with Gasteiger partial charge >= 0.3 is 0 Å². The molecule has 5 heteroatoms. The molecule has 1 aliphatic carbocycles. The second kappa shape index (κ2) is 6.27. The fourth-order valence-electron chi connectivity index (χ4n) is 2.94. The molecule has 0 aliphatic heterocycles. The zero-order valence-corrected chi connectivity index (χ0v) is 11.8. The van der Waals surface area contributed by atoms with E-state index in [0.717, 1.165) is 18.3 Å². The van der Waals surface area contributed by atoms with Gasteiger partial charge in [0.1, 0.15) is 0 Å². The minimum Gasteiger partial charge on any atom is -0.308 e. The van der Waals surface area contributed by atoms with Crippen LogP contribution in [0, 0.1) is 5.92 Å². The lowest BCUT2D eigenvalue weighted by molar-refractivity contribution is 0.246. The van der Waals surface area contributed by atoms with E-state index in [2.05, 4.69) is 46.3 Å². The van der Waals surface area contributed by atoms with Crippen LogP contribution in [0.5, 0.6) is 0 Å². The summed E-state index contributed by atoms with van der Waals surface area (Å²) in [5.74, 6) is 1.89. The Kier molecular flexibility index (Phi) is 4.69. The van der Waals surface area contributed by atoms with Crippen molar-refractivity contribution in [1.82, 2.24) is 25.5 Å². The van der Waals surface area contributed by atoms with E-state index in [4.69, 9.17) is 0 Å². The van der Waals surface area contributed by atoms with Crippen LogP contribution in [0.2, 0.25) is 0 Å². The largest absolute Gasteiger partial charge is 0.308 e. The van der Waals surface area contributed by atoms with Gasteiger partial charge in [0.05, 0.1) is 12.1 Å². The van der Waals surface area contributed by atoms with Crippen LogP contribution < -0.4 is 5.32 Å². The van der Waals surface area contributed by atoms with Crippen LogP contribution in [0.1, 0.15) is 70.8 Å². The summed E-state index contributed by atoms with van der Waals surface area (Å²) in [4.78, 5) is 0. The van der Waals surface area contributed by atoms with Crippen molar-refractivity contribution >= 4 is 0 Å². The van der Waals surface area contributed by atoms with Gasteiger partial charge in [-0.25, -0.2) is 4.68 Å². The lowest BCUT2D eigenvalue weighted by Crippen LogP contribution is -2.26. The minimum atomic E-state index is 0.230. The Bertz CT molecular complexity index is 354. The standard InChI is InChI=1S/C13H25N5/c1-4-11-6-8-12(9-7-11)18-13(15-16-17-18)10(3)14-5-2/h10-12,14H,4-9H2,1-3H3. The van der Waals surface area contributed by atoms with E-state index in [9.17, 15) is 0 Å². The summed E-state index contributed by atoms with van der Waals surface area (Å²) in [5.41, 5.74) is 0. The molecule has 5 nitrogen and oxygen atoms in total. The molecule has 1 fully saturated rings. The molecule has 1 unspecified atom stereocenters. The van der Waals surface area contributed by atoms with E-state index >= 15 is 0 Å². The van der Waals surface area contributed by atoms with Crippen LogP contribution in [0.15, 0.2) is 0 Å². The predicted molar refractivity (Wildman–Crippen MR) is 71.2 cm³/mol. The van der Waals surface area contributed by atoms with Crippen LogP contribution in [0.25, 0.3) is 0 Å². The first kappa shape index (κ1) is 13.5. The highest BCUT2D eigenvalue weighted by atomic mass is 15.6. The van der Waals surface area contributed by atoms with E-state index < -0.39 is 0 Å². The van der Waals surface area contributed by atoms with Gasteiger partial charge in [0.2, 0.25) is 0 Å². The number of nitrogens with zero attached hydrogens (tertiary/aromatic N) is 4. The molecule has 1 aromatic heterocycles. The highest BCUT2D eigenvalue weighted by molar-refractivity contribution is 4.93. The molecule has 1 saturated carbocycles. The number of tetrazole rings is 1. The van der Waals surface area contributed by atoms with Gasteiger partial charge in [-0.05, 0) is 55.5 Å². The van der Waals surface area contributed by atoms with Crippen molar-refractivity contribution in [3.05, 3.63) is 5.82 Å². The molecule has 1 atom stereocenters. The smallest absolute Gasteiger partial charge is 0.168 e. The van der Waals surface area contributed by atoms with Gasteiger partial charge in [0.15, 0.2) is 5.82 Å². The van der Waals surface area contributed by atoms with Gasteiger partial charge in [-0.1, -0.05) is 20.3 Å². The molecule has 0 radical (unpaired) electrons. The molecule has 0 bridgehead atoms. The van der Waals surface area contributed by atoms with Gasteiger partial charge in [0.25, 0.3) is 0 Å². The van der Waals surface area contributed by atoms with Gasteiger partial charge < -0.3 is 5.32 Å². The summed E-state index contributed by atoms with van der Waals surface area (Å²) in [6.45, 7) is 7.47. The minimum absolute atomic E-state index is 0.230. The third kappa shape index (κ3) is 2.88. The summed E-state index contributed by atoms with van der Waals surface area (Å²) in [7, 11) is 0. The van der Waals surface area contributed by atoms with Crippen molar-refractivity contribution in [2.24, 2.45) is 5.92 Å². The van der Waals surface area contributed by atoms with E-state index in [1.807, 2.05) is 0 Å². The van der Waals surface area contributed by atoms with Crippen LogP contribution in [0.3, 0.4) is 0 Å². The molecule has 1 N–H and O–H groups in total. The second-order valence-corrected chi connectivity index (χ2v) is 5.34. The molecule has 0 amide bonds. The molecule has 1 aromatic rings. The Morgan fingerprint density at radius 1 is 1.28 bits per heavy atom. The molecule has 0 aromatic carbocycles. The molecule has 0 spiro atoms. The van der Waals surface area contributed by atoms with E-state index in [1.54, 1.807) is 0 Å². The Balaban J connectivity index is 2.03. The maximum Gasteiger partial charge on any atom is 0.168 e. The highest BCUT2D eigenvalue weighted by Gasteiger charge is 2.25. The van der Waals surface area contributed by atoms with Gasteiger partial charge in [-0.3, -0.25) is 0 Å². The normalized spacial score (nSPS) is 26.2. The lowest BCUT2D eigenvalue weighted by atomic mass is 9.84. The van der Waals surface area contributed by atoms with Crippen LogP contribution in [-0.4, -0.2) is 26.8 Å². The fourth-order valence-corrected chi connectivity index (χ4v) is 2.94. The van der Waals surface area contributed by atoms with Crippen molar-refractivity contribution < 1.29 is 0 Å². The summed E-state index contributed by atoms with van der Waals surface area (Å²) in [6, 6.07) is 0.729. The maximum atomic E-state index is 4.21. The summed E-state index contributed by atoms with van der Waals surface area (Å²) in [6.07, 6.45) is 6.37. The average molecular weight is 251 g/mol. The summed E-state index contributed by atoms with van der Waals surface area (Å²) in [5, 5.41) is 15.6. The predicted octanol–water partition coefficient (Wildman–Crippen LogP) is 2.48. The average Bonchev–Trinajstić information content (AvgIpc) is 2.88. The molecular weight excluding hydrogens is 226 g/mol. The second-order valence-electron chi connectivity index (χ2n) is 5.34. The monoisotopic (exact) mass is 251 g/mol. The first-order valence-electron chi connectivity index (χ1n) is 7.27. The fraction of sp³-hybridized carbons (Fsp3) is 0.923. The van der Waals surface area contributed by atoms with Crippen molar-refractivity contribution in [3.8, 4) is 0 Å². The van der Waals surface area contributed by atoms with E-state index in [0.29, 0.717) is 6.04 Å². The summed E-state index contributed by atoms with van der Waals surface area (Å²) < 4.78 is 2.05. The van der Waals surface area contributed by atoms with Crippen LogP contribution in [0.4, 0.5) is 0 Å². The third-order valence-electron chi connectivity index (χ3n) is 4.16. The zero-order chi connectivity index (χ0) is 13.0. The first-order chi connectivity index (χ1) is 8.76. The molecule has 0 saturated heterocycles. The molecule has 1 heterocycles. The third-order valence-corrected chi connectivity index (χ3v) is 4.16. The van der Waals surface area contributed by atoms with E-state index in [-0.39, 0.29) is 6.04 Å². The number of aromatic nitrogens is 4. The van der Waals surface area contributed by atoms with Crippen LogP contribution in [-0.2, 0) is 0 Å². The van der Waals surface area contributed by atoms with Crippen molar-refractivity contribution in [2.45, 2.75) is 65.0 Å². The van der Waals surface area contributed by atoms with Crippen molar-refractivity contribution in [2.75, 3.05) is 6.54 Å². The Morgan fingerprint density at radius 3 is 2.61 bits per heavy atom. The summed E-state index contributed by atoms with van der Waals surface area (Å²) >= 11 is 0. The Morgan fingerprint density at radius 2 is 2.00 bits per heavy atom. The zero-order valence-electron chi connectivity index (χ0n) is 11.8. The maximum absolute atomic E-state index is 4.21. The van der Waals surface area contributed by atoms with Gasteiger partial charge in [-0.2, -0.15) is 0 Å². The number of rotatable bonds is 5. The highest BCUT2D eigenvalue weighted by Crippen LogP contribution is 2.34. The topological polar surface area (TPSA) is 55.6 Å². The van der Waals surface area contributed by atoms with Crippen molar-refractivity contribution in [3.63, 3.8) is 0 Å². The molecule has 18 heavy (non-hydrogen) atoms. The molecular formula is C13H25N5. The quantitative estimate of drug-likeness (QED) is 0.873.